The van der Waals surface area contributed by atoms with Crippen LogP contribution in [0.4, 0.5) is 4.79 Å². The van der Waals surface area contributed by atoms with Gasteiger partial charge in [0, 0.05) is 45.1 Å². The van der Waals surface area contributed by atoms with Crippen molar-refractivity contribution in [3.8, 4) is 5.69 Å². The van der Waals surface area contributed by atoms with Gasteiger partial charge in [0.25, 0.3) is 0 Å². The van der Waals surface area contributed by atoms with Gasteiger partial charge < -0.3 is 10.2 Å². The largest absolute Gasteiger partial charge is 0.338 e. The van der Waals surface area contributed by atoms with Gasteiger partial charge in [-0.15, -0.1) is 0 Å². The summed E-state index contributed by atoms with van der Waals surface area (Å²) >= 11 is 0. The van der Waals surface area contributed by atoms with Crippen molar-refractivity contribution in [3.63, 3.8) is 0 Å². The number of carbonyl (C=O) groups excluding carboxylic acids is 1. The second kappa shape index (κ2) is 9.54. The summed E-state index contributed by atoms with van der Waals surface area (Å²) in [5.74, 6) is 0. The van der Waals surface area contributed by atoms with Gasteiger partial charge >= 0.3 is 6.03 Å². The van der Waals surface area contributed by atoms with Gasteiger partial charge in [-0.2, -0.15) is 9.40 Å². The second-order valence-electron chi connectivity index (χ2n) is 7.80. The SMILES string of the molecule is Cc1ccc(S(=O)(=O)N2CCN(C(=O)NCCc3ccc(-n4cccn4)cc3)CC2)cc1. The molecule has 4 rings (SSSR count). The molecule has 0 spiro atoms. The van der Waals surface area contributed by atoms with Crippen LogP contribution in [-0.2, 0) is 16.4 Å². The van der Waals surface area contributed by atoms with Gasteiger partial charge in [0.1, 0.15) is 0 Å². The summed E-state index contributed by atoms with van der Waals surface area (Å²) in [6, 6.07) is 16.6. The molecule has 3 aromatic rings. The van der Waals surface area contributed by atoms with E-state index in [9.17, 15) is 13.2 Å². The van der Waals surface area contributed by atoms with Gasteiger partial charge in [0.05, 0.1) is 10.6 Å². The third-order valence-corrected chi connectivity index (χ3v) is 7.49. The fraction of sp³-hybridized carbons (Fsp3) is 0.304. The first-order chi connectivity index (χ1) is 15.4. The highest BCUT2D eigenvalue weighted by Crippen LogP contribution is 2.18. The number of sulfonamides is 1. The van der Waals surface area contributed by atoms with Crippen molar-refractivity contribution in [1.29, 1.82) is 0 Å². The minimum absolute atomic E-state index is 0.162. The molecule has 168 valence electrons. The number of piperazine rings is 1. The van der Waals surface area contributed by atoms with E-state index in [0.29, 0.717) is 44.0 Å². The standard InChI is InChI=1S/C23H27N5O3S/c1-19-3-9-22(10-4-19)32(30,31)27-17-15-26(16-18-27)23(29)24-13-11-20-5-7-21(8-6-20)28-14-2-12-25-28/h2-10,12,14H,11,13,15-18H2,1H3,(H,24,29). The number of rotatable bonds is 6. The van der Waals surface area contributed by atoms with Crippen LogP contribution in [0.1, 0.15) is 11.1 Å². The predicted molar refractivity (Wildman–Crippen MR) is 122 cm³/mol. The van der Waals surface area contributed by atoms with Crippen molar-refractivity contribution >= 4 is 16.1 Å². The molecule has 8 nitrogen and oxygen atoms in total. The Morgan fingerprint density at radius 3 is 2.31 bits per heavy atom. The van der Waals surface area contributed by atoms with Crippen LogP contribution < -0.4 is 5.32 Å². The molecule has 1 N–H and O–H groups in total. The van der Waals surface area contributed by atoms with Crippen molar-refractivity contribution in [2.24, 2.45) is 0 Å². The van der Waals surface area contributed by atoms with Gasteiger partial charge in [-0.1, -0.05) is 29.8 Å². The summed E-state index contributed by atoms with van der Waals surface area (Å²) in [5.41, 5.74) is 3.12. The van der Waals surface area contributed by atoms with Crippen molar-refractivity contribution in [2.45, 2.75) is 18.2 Å². The number of carbonyl (C=O) groups is 1. The highest BCUT2D eigenvalue weighted by atomic mass is 32.2. The molecule has 1 fully saturated rings. The molecule has 2 heterocycles. The van der Waals surface area contributed by atoms with E-state index in [1.165, 1.54) is 4.31 Å². The van der Waals surface area contributed by atoms with Gasteiger partial charge in [-0.05, 0) is 49.2 Å². The molecular weight excluding hydrogens is 426 g/mol. The molecule has 9 heteroatoms. The lowest BCUT2D eigenvalue weighted by Gasteiger charge is -2.34. The van der Waals surface area contributed by atoms with Crippen LogP contribution in [0.15, 0.2) is 71.9 Å². The monoisotopic (exact) mass is 453 g/mol. The van der Waals surface area contributed by atoms with Gasteiger partial charge in [-0.3, -0.25) is 0 Å². The molecule has 0 bridgehead atoms. The maximum Gasteiger partial charge on any atom is 0.317 e. The van der Waals surface area contributed by atoms with Crippen molar-refractivity contribution in [1.82, 2.24) is 24.3 Å². The highest BCUT2D eigenvalue weighted by molar-refractivity contribution is 7.89. The molecule has 1 aliphatic rings. The Morgan fingerprint density at radius 2 is 1.69 bits per heavy atom. The van der Waals surface area contributed by atoms with Crippen LogP contribution in [0.25, 0.3) is 5.69 Å². The molecule has 2 amide bonds. The zero-order valence-electron chi connectivity index (χ0n) is 18.0. The van der Waals surface area contributed by atoms with Crippen LogP contribution in [-0.4, -0.2) is 66.2 Å². The van der Waals surface area contributed by atoms with Gasteiger partial charge in [-0.25, -0.2) is 17.9 Å². The molecule has 0 aliphatic carbocycles. The summed E-state index contributed by atoms with van der Waals surface area (Å²) < 4.78 is 28.9. The fourth-order valence-corrected chi connectivity index (χ4v) is 5.08. The van der Waals surface area contributed by atoms with E-state index in [-0.39, 0.29) is 6.03 Å². The smallest absolute Gasteiger partial charge is 0.317 e. The normalized spacial score (nSPS) is 15.0. The zero-order valence-corrected chi connectivity index (χ0v) is 18.8. The molecule has 0 radical (unpaired) electrons. The molecule has 0 saturated carbocycles. The summed E-state index contributed by atoms with van der Waals surface area (Å²) in [6.45, 7) is 3.76. The average Bonchev–Trinajstić information content (AvgIpc) is 3.35. The molecule has 0 atom stereocenters. The zero-order chi connectivity index (χ0) is 22.6. The Kier molecular flexibility index (Phi) is 6.57. The third-order valence-electron chi connectivity index (χ3n) is 5.58. The van der Waals surface area contributed by atoms with E-state index in [1.54, 1.807) is 40.0 Å². The summed E-state index contributed by atoms with van der Waals surface area (Å²) in [4.78, 5) is 14.5. The molecule has 2 aromatic carbocycles. The Bertz CT molecular complexity index is 1140. The molecule has 1 aliphatic heterocycles. The molecular formula is C23H27N5O3S. The first-order valence-electron chi connectivity index (χ1n) is 10.6. The number of hydrogen-bond donors (Lipinski definition) is 1. The first kappa shape index (κ1) is 22.0. The van der Waals surface area contributed by atoms with E-state index >= 15 is 0 Å². The minimum atomic E-state index is -3.53. The average molecular weight is 454 g/mol. The maximum absolute atomic E-state index is 12.8. The number of hydrogen-bond acceptors (Lipinski definition) is 4. The molecule has 32 heavy (non-hydrogen) atoms. The van der Waals surface area contributed by atoms with Crippen molar-refractivity contribution in [3.05, 3.63) is 78.1 Å². The van der Waals surface area contributed by atoms with Gasteiger partial charge in [0.2, 0.25) is 10.0 Å². The number of nitrogens with zero attached hydrogens (tertiary/aromatic N) is 4. The lowest BCUT2D eigenvalue weighted by molar-refractivity contribution is 0.172. The Morgan fingerprint density at radius 1 is 1.00 bits per heavy atom. The fourth-order valence-electron chi connectivity index (χ4n) is 3.65. The quantitative estimate of drug-likeness (QED) is 0.621. The summed E-state index contributed by atoms with van der Waals surface area (Å²) in [5, 5.41) is 7.14. The van der Waals surface area contributed by atoms with E-state index in [0.717, 1.165) is 16.8 Å². The summed E-state index contributed by atoms with van der Waals surface area (Å²) in [6.07, 6.45) is 4.34. The lowest BCUT2D eigenvalue weighted by atomic mass is 10.1. The number of benzene rings is 2. The lowest BCUT2D eigenvalue weighted by Crippen LogP contribution is -2.53. The van der Waals surface area contributed by atoms with Crippen LogP contribution in [0.3, 0.4) is 0 Å². The minimum Gasteiger partial charge on any atom is -0.338 e. The Labute approximate surface area is 188 Å². The molecule has 0 unspecified atom stereocenters. The Balaban J connectivity index is 1.24. The number of aryl methyl sites for hydroxylation is 1. The molecule has 1 aromatic heterocycles. The number of nitrogens with one attached hydrogen (secondary N) is 1. The number of amides is 2. The van der Waals surface area contributed by atoms with Crippen LogP contribution in [0.5, 0.6) is 0 Å². The third kappa shape index (κ3) is 5.00. The van der Waals surface area contributed by atoms with E-state index in [4.69, 9.17) is 0 Å². The van der Waals surface area contributed by atoms with Crippen LogP contribution in [0.2, 0.25) is 0 Å². The van der Waals surface area contributed by atoms with E-state index < -0.39 is 10.0 Å². The van der Waals surface area contributed by atoms with Crippen molar-refractivity contribution < 1.29 is 13.2 Å². The predicted octanol–water partition coefficient (Wildman–Crippen LogP) is 2.44. The second-order valence-corrected chi connectivity index (χ2v) is 9.74. The van der Waals surface area contributed by atoms with E-state index in [2.05, 4.69) is 10.4 Å². The summed E-state index contributed by atoms with van der Waals surface area (Å²) in [7, 11) is -3.53. The molecule has 1 saturated heterocycles. The number of urea groups is 1. The van der Waals surface area contributed by atoms with Crippen LogP contribution in [0, 0.1) is 6.92 Å². The van der Waals surface area contributed by atoms with Crippen molar-refractivity contribution in [2.75, 3.05) is 32.7 Å². The topological polar surface area (TPSA) is 87.5 Å². The maximum atomic E-state index is 12.8. The Hall–Kier alpha value is -3.17. The van der Waals surface area contributed by atoms with Gasteiger partial charge in [0.15, 0.2) is 0 Å². The number of aromatic nitrogens is 2. The van der Waals surface area contributed by atoms with E-state index in [1.807, 2.05) is 43.5 Å². The first-order valence-corrected chi connectivity index (χ1v) is 12.1. The highest BCUT2D eigenvalue weighted by Gasteiger charge is 2.29. The van der Waals surface area contributed by atoms with Crippen LogP contribution >= 0.6 is 0 Å².